The molecule has 0 saturated carbocycles. The highest BCUT2D eigenvalue weighted by Crippen LogP contribution is 2.21. The van der Waals surface area contributed by atoms with Gasteiger partial charge in [-0.25, -0.2) is 4.52 Å². The van der Waals surface area contributed by atoms with Crippen LogP contribution in [-0.2, 0) is 0 Å². The van der Waals surface area contributed by atoms with E-state index in [0.29, 0.717) is 17.2 Å². The molecule has 1 aliphatic heterocycles. The molecule has 0 spiro atoms. The molecule has 0 radical (unpaired) electrons. The third-order valence-corrected chi connectivity index (χ3v) is 4.95. The Balaban J connectivity index is 1.43. The summed E-state index contributed by atoms with van der Waals surface area (Å²) >= 11 is 0. The molecule has 2 N–H and O–H groups in total. The number of hydrogen-bond donors (Lipinski definition) is 2. The van der Waals surface area contributed by atoms with Crippen LogP contribution in [0.5, 0.6) is 0 Å². The Morgan fingerprint density at radius 2 is 2.14 bits per heavy atom. The molecule has 0 bridgehead atoms. The summed E-state index contributed by atoms with van der Waals surface area (Å²) in [6.45, 7) is 3.69. The van der Waals surface area contributed by atoms with Gasteiger partial charge in [0.25, 0.3) is 5.91 Å². The minimum atomic E-state index is -0.214. The normalized spacial score (nSPS) is 14.2. The molecular weight excluding hydrogens is 356 g/mol. The van der Waals surface area contributed by atoms with Gasteiger partial charge >= 0.3 is 0 Å². The van der Waals surface area contributed by atoms with Gasteiger partial charge < -0.3 is 10.6 Å². The lowest BCUT2D eigenvalue weighted by Gasteiger charge is -2.23. The maximum Gasteiger partial charge on any atom is 0.259 e. The average molecular weight is 374 g/mol. The van der Waals surface area contributed by atoms with Crippen LogP contribution in [0.4, 0.5) is 5.69 Å². The van der Waals surface area contributed by atoms with Gasteiger partial charge in [0.15, 0.2) is 5.82 Å². The van der Waals surface area contributed by atoms with E-state index in [-0.39, 0.29) is 5.91 Å². The number of aromatic nitrogens is 6. The lowest BCUT2D eigenvalue weighted by molar-refractivity contribution is 0.102. The Kier molecular flexibility index (Phi) is 3.87. The van der Waals surface area contributed by atoms with Crippen molar-refractivity contribution in [2.45, 2.75) is 12.8 Å². The lowest BCUT2D eigenvalue weighted by Crippen LogP contribution is -2.40. The van der Waals surface area contributed by atoms with Crippen molar-refractivity contribution in [1.82, 2.24) is 35.1 Å². The predicted octanol–water partition coefficient (Wildman–Crippen LogP) is 1.56. The summed E-state index contributed by atoms with van der Waals surface area (Å²) < 4.78 is 1.67. The molecule has 1 amide bonds. The van der Waals surface area contributed by atoms with Crippen molar-refractivity contribution in [2.75, 3.05) is 18.4 Å². The number of pyridine rings is 1. The van der Waals surface area contributed by atoms with Crippen LogP contribution in [0.3, 0.4) is 0 Å². The molecule has 1 fully saturated rings. The van der Waals surface area contributed by atoms with Crippen molar-refractivity contribution < 1.29 is 4.79 Å². The molecule has 4 aromatic rings. The highest BCUT2D eigenvalue weighted by Gasteiger charge is 2.24. The lowest BCUT2D eigenvalue weighted by atomic mass is 10.0. The van der Waals surface area contributed by atoms with E-state index in [1.807, 2.05) is 49.5 Å². The number of nitrogens with zero attached hydrogens (tertiary/aromatic N) is 6. The number of amides is 1. The standard InChI is InChI=1S/C19H18N8O/c1-12-5-6-14(27-24-18(23-25-27)13-9-20-10-13)8-16(12)22-19(28)15-11-21-26-7-3-2-4-17(15)26/h2-8,11,13,20H,9-10H2,1H3,(H,22,28). The van der Waals surface area contributed by atoms with Gasteiger partial charge in [0.1, 0.15) is 0 Å². The summed E-state index contributed by atoms with van der Waals surface area (Å²) in [6, 6.07) is 11.3. The summed E-state index contributed by atoms with van der Waals surface area (Å²) in [5.41, 5.74) is 3.65. The van der Waals surface area contributed by atoms with Gasteiger partial charge in [0.05, 0.1) is 23.0 Å². The zero-order chi connectivity index (χ0) is 19.1. The smallest absolute Gasteiger partial charge is 0.259 e. The first-order valence-corrected chi connectivity index (χ1v) is 9.04. The van der Waals surface area contributed by atoms with Crippen LogP contribution in [0.2, 0.25) is 0 Å². The highest BCUT2D eigenvalue weighted by atomic mass is 16.1. The monoisotopic (exact) mass is 374 g/mol. The van der Waals surface area contributed by atoms with E-state index >= 15 is 0 Å². The van der Waals surface area contributed by atoms with Gasteiger partial charge in [-0.15, -0.1) is 15.0 Å². The Morgan fingerprint density at radius 1 is 1.25 bits per heavy atom. The second-order valence-corrected chi connectivity index (χ2v) is 6.83. The Hall–Kier alpha value is -3.59. The number of carbonyl (C=O) groups is 1. The molecule has 9 nitrogen and oxygen atoms in total. The van der Waals surface area contributed by atoms with Gasteiger partial charge in [-0.2, -0.15) is 5.10 Å². The number of tetrazole rings is 1. The first kappa shape index (κ1) is 16.6. The molecule has 28 heavy (non-hydrogen) atoms. The zero-order valence-corrected chi connectivity index (χ0v) is 15.2. The van der Waals surface area contributed by atoms with Crippen molar-refractivity contribution in [3.8, 4) is 5.69 Å². The molecule has 0 aliphatic carbocycles. The molecule has 0 atom stereocenters. The van der Waals surface area contributed by atoms with Gasteiger partial charge in [-0.05, 0) is 42.0 Å². The van der Waals surface area contributed by atoms with Crippen LogP contribution in [0.15, 0.2) is 48.8 Å². The summed E-state index contributed by atoms with van der Waals surface area (Å²) in [6.07, 6.45) is 3.38. The van der Waals surface area contributed by atoms with Crippen molar-refractivity contribution in [3.05, 3.63) is 65.7 Å². The van der Waals surface area contributed by atoms with Crippen LogP contribution in [0, 0.1) is 6.92 Å². The van der Waals surface area contributed by atoms with Crippen LogP contribution < -0.4 is 10.6 Å². The van der Waals surface area contributed by atoms with E-state index in [0.717, 1.165) is 35.7 Å². The average Bonchev–Trinajstić information content (AvgIpc) is 3.29. The van der Waals surface area contributed by atoms with Crippen LogP contribution in [0.1, 0.15) is 27.7 Å². The summed E-state index contributed by atoms with van der Waals surface area (Å²) in [5.74, 6) is 0.833. The van der Waals surface area contributed by atoms with Crippen LogP contribution >= 0.6 is 0 Å². The van der Waals surface area contributed by atoms with Crippen LogP contribution in [-0.4, -0.2) is 48.8 Å². The first-order valence-electron chi connectivity index (χ1n) is 9.04. The van der Waals surface area contributed by atoms with Gasteiger partial charge in [0, 0.05) is 30.9 Å². The zero-order valence-electron chi connectivity index (χ0n) is 15.2. The maximum absolute atomic E-state index is 12.8. The third kappa shape index (κ3) is 2.81. The predicted molar refractivity (Wildman–Crippen MR) is 103 cm³/mol. The van der Waals surface area contributed by atoms with Gasteiger partial charge in [-0.1, -0.05) is 12.1 Å². The van der Waals surface area contributed by atoms with E-state index in [1.165, 1.54) is 4.80 Å². The van der Waals surface area contributed by atoms with Crippen molar-refractivity contribution in [1.29, 1.82) is 0 Å². The highest BCUT2D eigenvalue weighted by molar-refractivity contribution is 6.09. The van der Waals surface area contributed by atoms with E-state index in [9.17, 15) is 4.79 Å². The van der Waals surface area contributed by atoms with E-state index < -0.39 is 0 Å². The van der Waals surface area contributed by atoms with Crippen molar-refractivity contribution in [3.63, 3.8) is 0 Å². The first-order chi connectivity index (χ1) is 13.7. The van der Waals surface area contributed by atoms with Crippen LogP contribution in [0.25, 0.3) is 11.2 Å². The molecule has 9 heteroatoms. The van der Waals surface area contributed by atoms with E-state index in [2.05, 4.69) is 31.1 Å². The Bertz CT molecular complexity index is 1170. The largest absolute Gasteiger partial charge is 0.322 e. The van der Waals surface area contributed by atoms with E-state index in [1.54, 1.807) is 10.7 Å². The molecule has 140 valence electrons. The second kappa shape index (κ2) is 6.54. The maximum atomic E-state index is 12.8. The van der Waals surface area contributed by atoms with Gasteiger partial charge in [0.2, 0.25) is 0 Å². The number of carbonyl (C=O) groups excluding carboxylic acids is 1. The molecule has 0 unspecified atom stereocenters. The molecular formula is C19H18N8O. The fourth-order valence-corrected chi connectivity index (χ4v) is 3.14. The minimum absolute atomic E-state index is 0.214. The van der Waals surface area contributed by atoms with E-state index in [4.69, 9.17) is 0 Å². The number of rotatable bonds is 4. The molecule has 3 aromatic heterocycles. The summed E-state index contributed by atoms with van der Waals surface area (Å²) in [5, 5.41) is 23.2. The molecule has 1 saturated heterocycles. The Morgan fingerprint density at radius 3 is 2.96 bits per heavy atom. The quantitative estimate of drug-likeness (QED) is 0.562. The number of benzene rings is 1. The van der Waals surface area contributed by atoms with Crippen molar-refractivity contribution in [2.24, 2.45) is 0 Å². The minimum Gasteiger partial charge on any atom is -0.322 e. The molecule has 4 heterocycles. The topological polar surface area (TPSA) is 102 Å². The van der Waals surface area contributed by atoms with Crippen molar-refractivity contribution >= 4 is 17.1 Å². The number of hydrogen-bond acceptors (Lipinski definition) is 6. The number of fused-ring (bicyclic) bond motifs is 1. The molecule has 1 aromatic carbocycles. The SMILES string of the molecule is Cc1ccc(-n2nnc(C3CNC3)n2)cc1NC(=O)c1cnn2ccccc12. The van der Waals surface area contributed by atoms with Gasteiger partial charge in [-0.3, -0.25) is 4.79 Å². The molecule has 1 aliphatic rings. The number of aryl methyl sites for hydroxylation is 1. The summed E-state index contributed by atoms with van der Waals surface area (Å²) in [7, 11) is 0. The number of anilines is 1. The fourth-order valence-electron chi connectivity index (χ4n) is 3.14. The second-order valence-electron chi connectivity index (χ2n) is 6.83. The fraction of sp³-hybridized carbons (Fsp3) is 0.211. The Labute approximate surface area is 160 Å². The third-order valence-electron chi connectivity index (χ3n) is 4.95. The number of nitrogens with one attached hydrogen (secondary N) is 2. The molecule has 5 rings (SSSR count). The summed E-state index contributed by atoms with van der Waals surface area (Å²) in [4.78, 5) is 14.3.